The fraction of sp³-hybridized carbons (Fsp3) is 0.375. The average molecular weight is 320 g/mol. The minimum atomic E-state index is -0.0534. The molecule has 1 aromatic heterocycles. The Morgan fingerprint density at radius 2 is 2.36 bits per heavy atom. The lowest BCUT2D eigenvalue weighted by atomic mass is 10.0. The summed E-state index contributed by atoms with van der Waals surface area (Å²) in [7, 11) is 0. The second-order valence-electron chi connectivity index (χ2n) is 5.51. The zero-order valence-corrected chi connectivity index (χ0v) is 13.1. The van der Waals surface area contributed by atoms with Gasteiger partial charge in [-0.3, -0.25) is 9.89 Å². The topological polar surface area (TPSA) is 67.0 Å². The molecule has 1 aliphatic heterocycles. The molecule has 1 amide bonds. The molecule has 6 heteroatoms. The van der Waals surface area contributed by atoms with Crippen molar-refractivity contribution in [2.45, 2.75) is 32.2 Å². The van der Waals surface area contributed by atoms with Gasteiger partial charge < -0.3 is 10.1 Å². The van der Waals surface area contributed by atoms with E-state index in [1.54, 1.807) is 6.07 Å². The maximum atomic E-state index is 12.2. The molecule has 1 atom stereocenters. The second-order valence-corrected chi connectivity index (χ2v) is 5.95. The van der Waals surface area contributed by atoms with Gasteiger partial charge in [-0.05, 0) is 38.0 Å². The van der Waals surface area contributed by atoms with Crippen LogP contribution in [0.25, 0.3) is 0 Å². The second kappa shape index (κ2) is 6.40. The predicted molar refractivity (Wildman–Crippen MR) is 84.1 cm³/mol. The van der Waals surface area contributed by atoms with Crippen molar-refractivity contribution < 1.29 is 9.53 Å². The Kier molecular flexibility index (Phi) is 4.34. The van der Waals surface area contributed by atoms with E-state index in [0.717, 1.165) is 35.5 Å². The Morgan fingerprint density at radius 3 is 3.14 bits per heavy atom. The van der Waals surface area contributed by atoms with E-state index < -0.39 is 0 Å². The fourth-order valence-corrected chi connectivity index (χ4v) is 2.83. The van der Waals surface area contributed by atoms with Gasteiger partial charge in [0.1, 0.15) is 5.75 Å². The van der Waals surface area contributed by atoms with Gasteiger partial charge in [0, 0.05) is 16.3 Å². The van der Waals surface area contributed by atoms with Crippen LogP contribution < -0.4 is 10.1 Å². The van der Waals surface area contributed by atoms with Gasteiger partial charge in [0.05, 0.1) is 24.8 Å². The number of nitrogens with one attached hydrogen (secondary N) is 2. The van der Waals surface area contributed by atoms with Crippen LogP contribution in [0.4, 0.5) is 0 Å². The molecule has 5 nitrogen and oxygen atoms in total. The van der Waals surface area contributed by atoms with Crippen LogP contribution in [0.15, 0.2) is 24.3 Å². The molecule has 0 aliphatic carbocycles. The first-order chi connectivity index (χ1) is 10.6. The Labute approximate surface area is 134 Å². The SMILES string of the molecule is Cc1cc(CC(=O)NC2CCCOc3cc(Cl)ccc32)n[nH]1. The summed E-state index contributed by atoms with van der Waals surface area (Å²) in [5, 5.41) is 10.7. The zero-order chi connectivity index (χ0) is 15.5. The monoisotopic (exact) mass is 319 g/mol. The van der Waals surface area contributed by atoms with E-state index in [0.29, 0.717) is 11.6 Å². The Morgan fingerprint density at radius 1 is 1.50 bits per heavy atom. The third kappa shape index (κ3) is 3.42. The number of benzene rings is 1. The minimum Gasteiger partial charge on any atom is -0.493 e. The summed E-state index contributed by atoms with van der Waals surface area (Å²) in [6.07, 6.45) is 2.00. The smallest absolute Gasteiger partial charge is 0.226 e. The number of nitrogens with zero attached hydrogens (tertiary/aromatic N) is 1. The summed E-state index contributed by atoms with van der Waals surface area (Å²) in [6, 6.07) is 7.38. The van der Waals surface area contributed by atoms with Crippen LogP contribution in [-0.4, -0.2) is 22.7 Å². The Balaban J connectivity index is 1.73. The standard InChI is InChI=1S/C16H18ClN3O2/c1-10-7-12(20-19-10)9-16(21)18-14-3-2-6-22-15-8-11(17)4-5-13(14)15/h4-5,7-8,14H,2-3,6,9H2,1H3,(H,18,21)(H,19,20). The molecule has 1 aliphatic rings. The first-order valence-corrected chi connectivity index (χ1v) is 7.72. The molecule has 1 aromatic carbocycles. The third-order valence-corrected chi connectivity index (χ3v) is 3.92. The van der Waals surface area contributed by atoms with Gasteiger partial charge in [-0.1, -0.05) is 17.7 Å². The number of aromatic nitrogens is 2. The minimum absolute atomic E-state index is 0.0423. The van der Waals surface area contributed by atoms with E-state index in [1.807, 2.05) is 25.1 Å². The molecule has 0 saturated heterocycles. The van der Waals surface area contributed by atoms with Gasteiger partial charge >= 0.3 is 0 Å². The lowest BCUT2D eigenvalue weighted by Gasteiger charge is -2.18. The van der Waals surface area contributed by atoms with Crippen molar-refractivity contribution in [2.24, 2.45) is 0 Å². The molecule has 0 radical (unpaired) electrons. The van der Waals surface area contributed by atoms with Crippen molar-refractivity contribution >= 4 is 17.5 Å². The van der Waals surface area contributed by atoms with Crippen LogP contribution in [-0.2, 0) is 11.2 Å². The van der Waals surface area contributed by atoms with Crippen LogP contribution in [0, 0.1) is 6.92 Å². The van der Waals surface area contributed by atoms with Gasteiger partial charge in [-0.15, -0.1) is 0 Å². The summed E-state index contributed by atoms with van der Waals surface area (Å²) in [5.41, 5.74) is 2.68. The quantitative estimate of drug-likeness (QED) is 0.914. The molecule has 0 saturated carbocycles. The van der Waals surface area contributed by atoms with Crippen LogP contribution in [0.2, 0.25) is 5.02 Å². The summed E-state index contributed by atoms with van der Waals surface area (Å²) >= 11 is 6.01. The van der Waals surface area contributed by atoms with E-state index >= 15 is 0 Å². The molecule has 22 heavy (non-hydrogen) atoms. The van der Waals surface area contributed by atoms with E-state index in [1.165, 1.54) is 0 Å². The number of hydrogen-bond donors (Lipinski definition) is 2. The van der Waals surface area contributed by atoms with Crippen LogP contribution in [0.5, 0.6) is 5.75 Å². The molecule has 2 N–H and O–H groups in total. The first-order valence-electron chi connectivity index (χ1n) is 7.34. The number of carbonyl (C=O) groups excluding carboxylic acids is 1. The molecule has 0 fully saturated rings. The van der Waals surface area contributed by atoms with Gasteiger partial charge in [-0.25, -0.2) is 0 Å². The van der Waals surface area contributed by atoms with Gasteiger partial charge in [0.15, 0.2) is 0 Å². The molecule has 0 bridgehead atoms. The molecule has 2 heterocycles. The number of aromatic amines is 1. The molecular formula is C16H18ClN3O2. The normalized spacial score (nSPS) is 17.3. The van der Waals surface area contributed by atoms with Crippen LogP contribution >= 0.6 is 11.6 Å². The zero-order valence-electron chi connectivity index (χ0n) is 12.4. The predicted octanol–water partition coefficient (Wildman–Crippen LogP) is 2.94. The van der Waals surface area contributed by atoms with Crippen LogP contribution in [0.1, 0.15) is 35.8 Å². The van der Waals surface area contributed by atoms with Crippen molar-refractivity contribution in [1.82, 2.24) is 15.5 Å². The number of amides is 1. The highest BCUT2D eigenvalue weighted by molar-refractivity contribution is 6.30. The molecular weight excluding hydrogens is 302 g/mol. The maximum Gasteiger partial charge on any atom is 0.226 e. The number of aryl methyl sites for hydroxylation is 1. The number of H-pyrrole nitrogens is 1. The van der Waals surface area contributed by atoms with Crippen molar-refractivity contribution in [2.75, 3.05) is 6.61 Å². The molecule has 1 unspecified atom stereocenters. The summed E-state index contributed by atoms with van der Waals surface area (Å²) in [5.74, 6) is 0.713. The highest BCUT2D eigenvalue weighted by Gasteiger charge is 2.22. The highest BCUT2D eigenvalue weighted by Crippen LogP contribution is 2.33. The highest BCUT2D eigenvalue weighted by atomic mass is 35.5. The third-order valence-electron chi connectivity index (χ3n) is 3.68. The molecule has 3 rings (SSSR count). The van der Waals surface area contributed by atoms with Crippen molar-refractivity contribution in [3.8, 4) is 5.75 Å². The van der Waals surface area contributed by atoms with Gasteiger partial charge in [-0.2, -0.15) is 5.10 Å². The Hall–Kier alpha value is -2.01. The maximum absolute atomic E-state index is 12.2. The Bertz CT molecular complexity index is 684. The van der Waals surface area contributed by atoms with Crippen molar-refractivity contribution in [1.29, 1.82) is 0 Å². The van der Waals surface area contributed by atoms with E-state index in [-0.39, 0.29) is 18.4 Å². The molecule has 2 aromatic rings. The lowest BCUT2D eigenvalue weighted by molar-refractivity contribution is -0.121. The van der Waals surface area contributed by atoms with Crippen LogP contribution in [0.3, 0.4) is 0 Å². The number of rotatable bonds is 3. The van der Waals surface area contributed by atoms with Gasteiger partial charge in [0.25, 0.3) is 0 Å². The molecule has 116 valence electrons. The number of carbonyl (C=O) groups is 1. The summed E-state index contributed by atoms with van der Waals surface area (Å²) < 4.78 is 5.71. The average Bonchev–Trinajstić information content (AvgIpc) is 2.77. The number of halogens is 1. The van der Waals surface area contributed by atoms with Crippen molar-refractivity contribution in [3.63, 3.8) is 0 Å². The van der Waals surface area contributed by atoms with Gasteiger partial charge in [0.2, 0.25) is 5.91 Å². The summed E-state index contributed by atoms with van der Waals surface area (Å²) in [4.78, 5) is 12.2. The number of ether oxygens (including phenoxy) is 1. The largest absolute Gasteiger partial charge is 0.493 e. The molecule has 0 spiro atoms. The lowest BCUT2D eigenvalue weighted by Crippen LogP contribution is -2.29. The number of fused-ring (bicyclic) bond motifs is 1. The number of hydrogen-bond acceptors (Lipinski definition) is 3. The van der Waals surface area contributed by atoms with E-state index in [4.69, 9.17) is 16.3 Å². The first kappa shape index (κ1) is 14.9. The van der Waals surface area contributed by atoms with E-state index in [2.05, 4.69) is 15.5 Å². The summed E-state index contributed by atoms with van der Waals surface area (Å²) in [6.45, 7) is 2.55. The van der Waals surface area contributed by atoms with E-state index in [9.17, 15) is 4.79 Å². The van der Waals surface area contributed by atoms with Crippen molar-refractivity contribution in [3.05, 3.63) is 46.2 Å². The fourth-order valence-electron chi connectivity index (χ4n) is 2.67.